The zero-order valence-corrected chi connectivity index (χ0v) is 9.77. The molecule has 1 fully saturated rings. The number of halogens is 1. The Bertz CT molecular complexity index is 348. The molecule has 0 bridgehead atoms. The molecule has 1 heterocycles. The summed E-state index contributed by atoms with van der Waals surface area (Å²) in [5.41, 5.74) is 0. The molecule has 1 aromatic heterocycles. The van der Waals surface area contributed by atoms with Gasteiger partial charge in [-0.3, -0.25) is 10.1 Å². The number of hydrogen-bond acceptors (Lipinski definition) is 3. The Hall–Kier alpha value is -0.390. The van der Waals surface area contributed by atoms with Crippen molar-refractivity contribution in [2.75, 3.05) is 0 Å². The summed E-state index contributed by atoms with van der Waals surface area (Å²) in [4.78, 5) is 11.9. The summed E-state index contributed by atoms with van der Waals surface area (Å²) in [5, 5.41) is 14.1. The first kappa shape index (κ1) is 10.1. The van der Waals surface area contributed by atoms with Gasteiger partial charge in [0.2, 0.25) is 0 Å². The maximum Gasteiger partial charge on any atom is 0.326 e. The zero-order valence-electron chi connectivity index (χ0n) is 7.37. The van der Waals surface area contributed by atoms with Crippen LogP contribution in [0.4, 0.5) is 0 Å². The van der Waals surface area contributed by atoms with Crippen LogP contribution in [0.5, 0.6) is 0 Å². The summed E-state index contributed by atoms with van der Waals surface area (Å²) < 4.78 is 0.878. The van der Waals surface area contributed by atoms with Crippen LogP contribution in [0, 0.1) is 0 Å². The van der Waals surface area contributed by atoms with Crippen LogP contribution in [-0.4, -0.2) is 17.1 Å². The van der Waals surface area contributed by atoms with Crippen molar-refractivity contribution >= 4 is 33.2 Å². The van der Waals surface area contributed by atoms with Gasteiger partial charge in [-0.2, -0.15) is 0 Å². The Morgan fingerprint density at radius 1 is 1.71 bits per heavy atom. The molecule has 0 amide bonds. The predicted molar refractivity (Wildman–Crippen MR) is 58.6 cm³/mol. The predicted octanol–water partition coefficient (Wildman–Crippen LogP) is 2.39. The minimum absolute atomic E-state index is 0.394. The highest BCUT2D eigenvalue weighted by molar-refractivity contribution is 9.10. The van der Waals surface area contributed by atoms with Crippen molar-refractivity contribution in [3.05, 3.63) is 20.8 Å². The summed E-state index contributed by atoms with van der Waals surface area (Å²) in [6.45, 7) is 0. The Morgan fingerprint density at radius 3 is 2.86 bits per heavy atom. The Morgan fingerprint density at radius 2 is 2.43 bits per heavy atom. The molecule has 1 saturated carbocycles. The number of nitrogens with one attached hydrogen (secondary N) is 1. The van der Waals surface area contributed by atoms with E-state index in [-0.39, 0.29) is 0 Å². The second-order valence-electron chi connectivity index (χ2n) is 3.34. The van der Waals surface area contributed by atoms with Gasteiger partial charge in [0.25, 0.3) is 0 Å². The molecular weight excluding hydrogens is 266 g/mol. The average molecular weight is 276 g/mol. The minimum Gasteiger partial charge on any atom is -0.480 e. The lowest BCUT2D eigenvalue weighted by Crippen LogP contribution is -2.29. The van der Waals surface area contributed by atoms with E-state index in [1.165, 1.54) is 11.3 Å². The van der Waals surface area contributed by atoms with Gasteiger partial charge in [-0.15, -0.1) is 11.3 Å². The van der Waals surface area contributed by atoms with Gasteiger partial charge < -0.3 is 5.11 Å². The lowest BCUT2D eigenvalue weighted by atomic mass is 10.2. The monoisotopic (exact) mass is 275 g/mol. The van der Waals surface area contributed by atoms with Gasteiger partial charge in [0.1, 0.15) is 6.04 Å². The first-order valence-corrected chi connectivity index (χ1v) is 6.07. The van der Waals surface area contributed by atoms with Gasteiger partial charge in [0, 0.05) is 15.4 Å². The van der Waals surface area contributed by atoms with E-state index in [4.69, 9.17) is 5.11 Å². The van der Waals surface area contributed by atoms with E-state index < -0.39 is 12.0 Å². The number of rotatable bonds is 4. The number of carboxylic acid groups (broad SMARTS) is 1. The number of carboxylic acids is 1. The van der Waals surface area contributed by atoms with Crippen molar-refractivity contribution in [2.45, 2.75) is 24.9 Å². The van der Waals surface area contributed by atoms with Crippen LogP contribution in [0.3, 0.4) is 0 Å². The highest BCUT2D eigenvalue weighted by Crippen LogP contribution is 2.32. The van der Waals surface area contributed by atoms with Crippen LogP contribution < -0.4 is 5.32 Å². The first-order valence-electron chi connectivity index (χ1n) is 4.40. The smallest absolute Gasteiger partial charge is 0.326 e. The molecule has 0 aliphatic heterocycles. The summed E-state index contributed by atoms with van der Waals surface area (Å²) in [5.74, 6) is -0.806. The van der Waals surface area contributed by atoms with Crippen molar-refractivity contribution in [1.29, 1.82) is 0 Å². The van der Waals surface area contributed by atoms with Crippen LogP contribution >= 0.6 is 27.3 Å². The van der Waals surface area contributed by atoms with E-state index in [9.17, 15) is 4.79 Å². The molecule has 0 radical (unpaired) electrons. The number of thiophene rings is 1. The number of hydrogen-bond donors (Lipinski definition) is 2. The fourth-order valence-corrected chi connectivity index (χ4v) is 2.91. The fourth-order valence-electron chi connectivity index (χ4n) is 1.26. The van der Waals surface area contributed by atoms with Crippen LogP contribution in [0.1, 0.15) is 23.8 Å². The molecule has 1 aliphatic rings. The Labute approximate surface area is 94.3 Å². The second-order valence-corrected chi connectivity index (χ2v) is 5.15. The molecule has 0 aromatic carbocycles. The molecule has 14 heavy (non-hydrogen) atoms. The van der Waals surface area contributed by atoms with Crippen LogP contribution in [0.15, 0.2) is 15.9 Å². The molecule has 76 valence electrons. The lowest BCUT2D eigenvalue weighted by Gasteiger charge is -2.12. The van der Waals surface area contributed by atoms with Gasteiger partial charge >= 0.3 is 5.97 Å². The molecule has 1 atom stereocenters. The number of carbonyl (C=O) groups is 1. The standard InChI is InChI=1S/C9H10BrNO2S/c10-6-3-4-14-8(6)7(9(12)13)11-5-1-2-5/h3-5,7,11H,1-2H2,(H,12,13). The van der Waals surface area contributed by atoms with Crippen molar-refractivity contribution in [1.82, 2.24) is 5.32 Å². The van der Waals surface area contributed by atoms with Gasteiger partial charge in [-0.05, 0) is 40.2 Å². The molecule has 0 spiro atoms. The molecule has 1 aliphatic carbocycles. The molecule has 0 saturated heterocycles. The lowest BCUT2D eigenvalue weighted by molar-refractivity contribution is -0.139. The topological polar surface area (TPSA) is 49.3 Å². The van der Waals surface area contributed by atoms with Crippen LogP contribution in [0.25, 0.3) is 0 Å². The number of aliphatic carboxylic acids is 1. The summed E-state index contributed by atoms with van der Waals surface area (Å²) in [7, 11) is 0. The fraction of sp³-hybridized carbons (Fsp3) is 0.444. The van der Waals surface area contributed by atoms with E-state index in [0.717, 1.165) is 22.2 Å². The SMILES string of the molecule is O=C(O)C(NC1CC1)c1sccc1Br. The van der Waals surface area contributed by atoms with E-state index >= 15 is 0 Å². The van der Waals surface area contributed by atoms with E-state index in [2.05, 4.69) is 21.2 Å². The molecular formula is C9H10BrNO2S. The van der Waals surface area contributed by atoms with Crippen molar-refractivity contribution in [3.63, 3.8) is 0 Å². The molecule has 2 rings (SSSR count). The third-order valence-corrected chi connectivity index (χ3v) is 4.07. The maximum absolute atomic E-state index is 11.0. The first-order chi connectivity index (χ1) is 6.68. The Balaban J connectivity index is 2.16. The third kappa shape index (κ3) is 2.16. The summed E-state index contributed by atoms with van der Waals surface area (Å²) >= 11 is 4.82. The maximum atomic E-state index is 11.0. The van der Waals surface area contributed by atoms with Gasteiger partial charge in [0.15, 0.2) is 0 Å². The molecule has 3 nitrogen and oxygen atoms in total. The highest BCUT2D eigenvalue weighted by atomic mass is 79.9. The molecule has 5 heteroatoms. The van der Waals surface area contributed by atoms with Crippen LogP contribution in [-0.2, 0) is 4.79 Å². The highest BCUT2D eigenvalue weighted by Gasteiger charge is 2.30. The third-order valence-electron chi connectivity index (χ3n) is 2.13. The van der Waals surface area contributed by atoms with E-state index in [1.54, 1.807) is 0 Å². The van der Waals surface area contributed by atoms with E-state index in [0.29, 0.717) is 6.04 Å². The van der Waals surface area contributed by atoms with Gasteiger partial charge in [-0.25, -0.2) is 0 Å². The van der Waals surface area contributed by atoms with Crippen molar-refractivity contribution < 1.29 is 9.90 Å². The van der Waals surface area contributed by atoms with Crippen molar-refractivity contribution in [2.24, 2.45) is 0 Å². The largest absolute Gasteiger partial charge is 0.480 e. The van der Waals surface area contributed by atoms with E-state index in [1.807, 2.05) is 11.4 Å². The molecule has 1 unspecified atom stereocenters. The second kappa shape index (κ2) is 4.00. The zero-order chi connectivity index (χ0) is 10.1. The molecule has 2 N–H and O–H groups in total. The Kier molecular flexibility index (Phi) is 2.90. The van der Waals surface area contributed by atoms with Crippen molar-refractivity contribution in [3.8, 4) is 0 Å². The van der Waals surface area contributed by atoms with Crippen LogP contribution in [0.2, 0.25) is 0 Å². The summed E-state index contributed by atoms with van der Waals surface area (Å²) in [6, 6.07) is 1.71. The normalized spacial score (nSPS) is 18.1. The summed E-state index contributed by atoms with van der Waals surface area (Å²) in [6.07, 6.45) is 2.18. The molecule has 1 aromatic rings. The van der Waals surface area contributed by atoms with Gasteiger partial charge in [0.05, 0.1) is 0 Å². The minimum atomic E-state index is -0.806. The van der Waals surface area contributed by atoms with Gasteiger partial charge in [-0.1, -0.05) is 0 Å². The quantitative estimate of drug-likeness (QED) is 0.887. The average Bonchev–Trinajstić information content (AvgIpc) is 2.85.